The van der Waals surface area contributed by atoms with E-state index in [-0.39, 0.29) is 11.8 Å². The Labute approximate surface area is 132 Å². The van der Waals surface area contributed by atoms with Crippen molar-refractivity contribution >= 4 is 28.3 Å². The topological polar surface area (TPSA) is 75.4 Å². The Morgan fingerprint density at radius 2 is 2.32 bits per heavy atom. The Morgan fingerprint density at radius 3 is 2.95 bits per heavy atom. The number of likely N-dealkylation sites (tertiary alicyclic amines) is 1. The number of aromatic nitrogens is 1. The minimum Gasteiger partial charge on any atom is -0.464 e. The monoisotopic (exact) mass is 319 g/mol. The molecule has 6 nitrogen and oxygen atoms in total. The first kappa shape index (κ1) is 14.8. The van der Waals surface area contributed by atoms with Crippen LogP contribution >= 0.6 is 11.3 Å². The lowest BCUT2D eigenvalue weighted by Crippen LogP contribution is -2.41. The van der Waals surface area contributed by atoms with Gasteiger partial charge in [0, 0.05) is 17.5 Å². The summed E-state index contributed by atoms with van der Waals surface area (Å²) in [7, 11) is 0. The van der Waals surface area contributed by atoms with Crippen LogP contribution in [0.2, 0.25) is 0 Å². The molecule has 2 amide bonds. The van der Waals surface area contributed by atoms with E-state index in [4.69, 9.17) is 4.42 Å². The number of aryl methyl sites for hydroxylation is 2. The summed E-state index contributed by atoms with van der Waals surface area (Å²) in [6, 6.07) is 3.21. The summed E-state index contributed by atoms with van der Waals surface area (Å²) in [5, 5.41) is 3.36. The van der Waals surface area contributed by atoms with Crippen LogP contribution in [0.4, 0.5) is 5.13 Å². The zero-order valence-corrected chi connectivity index (χ0v) is 13.3. The maximum absolute atomic E-state index is 12.4. The summed E-state index contributed by atoms with van der Waals surface area (Å²) < 4.78 is 5.51. The average molecular weight is 319 g/mol. The molecule has 22 heavy (non-hydrogen) atoms. The Bertz CT molecular complexity index is 706. The molecule has 1 aliphatic heterocycles. The first-order valence-electron chi connectivity index (χ1n) is 7.11. The maximum atomic E-state index is 12.4. The summed E-state index contributed by atoms with van der Waals surface area (Å²) in [5.41, 5.74) is 0. The summed E-state index contributed by atoms with van der Waals surface area (Å²) in [6.07, 6.45) is 2.62. The lowest BCUT2D eigenvalue weighted by atomic mass is 10.2. The van der Waals surface area contributed by atoms with Gasteiger partial charge in [-0.3, -0.25) is 9.59 Å². The molecule has 116 valence electrons. The summed E-state index contributed by atoms with van der Waals surface area (Å²) in [4.78, 5) is 31.2. The highest BCUT2D eigenvalue weighted by Gasteiger charge is 2.36. The molecule has 1 atom stereocenters. The van der Waals surface area contributed by atoms with Crippen LogP contribution in [-0.2, 0) is 16.1 Å². The molecule has 0 spiro atoms. The molecule has 3 heterocycles. The van der Waals surface area contributed by atoms with Crippen LogP contribution in [0.15, 0.2) is 22.7 Å². The standard InChI is InChI=1S/C15H17N3O3S/c1-9-3-4-11(21-9)8-18-12(5-6-13(18)19)14(20)17-15-16-7-10(2)22-15/h3-4,7,12H,5-6,8H2,1-2H3,(H,16,17,20)/t12-/m0/s1. The van der Waals surface area contributed by atoms with Crippen LogP contribution in [0, 0.1) is 13.8 Å². The van der Waals surface area contributed by atoms with E-state index in [1.807, 2.05) is 26.0 Å². The number of carbonyl (C=O) groups excluding carboxylic acids is 2. The van der Waals surface area contributed by atoms with Crippen molar-refractivity contribution in [3.63, 3.8) is 0 Å². The molecule has 1 fully saturated rings. The largest absolute Gasteiger partial charge is 0.464 e. The first-order chi connectivity index (χ1) is 10.5. The van der Waals surface area contributed by atoms with Crippen molar-refractivity contribution in [2.45, 2.75) is 39.3 Å². The van der Waals surface area contributed by atoms with Gasteiger partial charge in [-0.1, -0.05) is 0 Å². The highest BCUT2D eigenvalue weighted by Crippen LogP contribution is 2.24. The molecule has 0 bridgehead atoms. The highest BCUT2D eigenvalue weighted by atomic mass is 32.1. The fraction of sp³-hybridized carbons (Fsp3) is 0.400. The molecule has 0 saturated carbocycles. The van der Waals surface area contributed by atoms with Crippen LogP contribution in [-0.4, -0.2) is 27.7 Å². The minimum absolute atomic E-state index is 0.0236. The van der Waals surface area contributed by atoms with Crippen molar-refractivity contribution in [3.8, 4) is 0 Å². The third kappa shape index (κ3) is 3.04. The van der Waals surface area contributed by atoms with Crippen molar-refractivity contribution in [2.75, 3.05) is 5.32 Å². The van der Waals surface area contributed by atoms with Gasteiger partial charge in [0.05, 0.1) is 6.54 Å². The van der Waals surface area contributed by atoms with Gasteiger partial charge < -0.3 is 14.6 Å². The molecule has 1 aliphatic rings. The van der Waals surface area contributed by atoms with E-state index >= 15 is 0 Å². The average Bonchev–Trinajstić information content (AvgIpc) is 3.14. The number of furan rings is 1. The first-order valence-corrected chi connectivity index (χ1v) is 7.92. The van der Waals surface area contributed by atoms with Crippen LogP contribution in [0.25, 0.3) is 0 Å². The number of nitrogens with zero attached hydrogens (tertiary/aromatic N) is 2. The molecule has 2 aromatic rings. The Kier molecular flexibility index (Phi) is 3.98. The van der Waals surface area contributed by atoms with Gasteiger partial charge in [0.25, 0.3) is 0 Å². The Hall–Kier alpha value is -2.15. The number of rotatable bonds is 4. The molecule has 1 saturated heterocycles. The van der Waals surface area contributed by atoms with Gasteiger partial charge in [-0.05, 0) is 32.4 Å². The second-order valence-electron chi connectivity index (χ2n) is 5.35. The summed E-state index contributed by atoms with van der Waals surface area (Å²) in [6.45, 7) is 4.10. The van der Waals surface area contributed by atoms with Gasteiger partial charge in [0.1, 0.15) is 17.6 Å². The molecule has 0 unspecified atom stereocenters. The number of amides is 2. The quantitative estimate of drug-likeness (QED) is 0.939. The molecule has 0 radical (unpaired) electrons. The van der Waals surface area contributed by atoms with Gasteiger partial charge in [-0.25, -0.2) is 4.98 Å². The highest BCUT2D eigenvalue weighted by molar-refractivity contribution is 7.15. The van der Waals surface area contributed by atoms with E-state index < -0.39 is 6.04 Å². The van der Waals surface area contributed by atoms with E-state index in [2.05, 4.69) is 10.3 Å². The van der Waals surface area contributed by atoms with E-state index in [0.717, 1.165) is 10.6 Å². The predicted octanol–water partition coefficient (Wildman–Crippen LogP) is 2.48. The van der Waals surface area contributed by atoms with E-state index in [9.17, 15) is 9.59 Å². The minimum atomic E-state index is -0.470. The second kappa shape index (κ2) is 5.92. The van der Waals surface area contributed by atoms with Crippen molar-refractivity contribution in [1.82, 2.24) is 9.88 Å². The van der Waals surface area contributed by atoms with Gasteiger partial charge in [0.15, 0.2) is 5.13 Å². The molecule has 7 heteroatoms. The Balaban J connectivity index is 1.70. The zero-order valence-electron chi connectivity index (χ0n) is 12.5. The normalized spacial score (nSPS) is 18.0. The number of carbonyl (C=O) groups is 2. The lowest BCUT2D eigenvalue weighted by molar-refractivity contribution is -0.134. The summed E-state index contributed by atoms with van der Waals surface area (Å²) >= 11 is 1.42. The van der Waals surface area contributed by atoms with Crippen molar-refractivity contribution in [3.05, 3.63) is 34.7 Å². The SMILES string of the molecule is Cc1ccc(CN2C(=O)CC[C@H]2C(=O)Nc2ncc(C)s2)o1. The van der Waals surface area contributed by atoms with Crippen molar-refractivity contribution < 1.29 is 14.0 Å². The van der Waals surface area contributed by atoms with Crippen molar-refractivity contribution in [1.29, 1.82) is 0 Å². The molecule has 2 aromatic heterocycles. The number of hydrogen-bond donors (Lipinski definition) is 1. The van der Waals surface area contributed by atoms with E-state index in [1.165, 1.54) is 11.3 Å². The number of hydrogen-bond acceptors (Lipinski definition) is 5. The zero-order chi connectivity index (χ0) is 15.7. The van der Waals surface area contributed by atoms with Crippen LogP contribution < -0.4 is 5.32 Å². The van der Waals surface area contributed by atoms with Crippen LogP contribution in [0.3, 0.4) is 0 Å². The molecule has 3 rings (SSSR count). The van der Waals surface area contributed by atoms with Crippen LogP contribution in [0.1, 0.15) is 29.2 Å². The second-order valence-corrected chi connectivity index (χ2v) is 6.59. The molecular formula is C15H17N3O3S. The third-order valence-corrected chi connectivity index (χ3v) is 4.43. The van der Waals surface area contributed by atoms with Gasteiger partial charge in [-0.15, -0.1) is 11.3 Å². The molecule has 0 aromatic carbocycles. The van der Waals surface area contributed by atoms with Crippen molar-refractivity contribution in [2.24, 2.45) is 0 Å². The Morgan fingerprint density at radius 1 is 1.50 bits per heavy atom. The number of anilines is 1. The predicted molar refractivity (Wildman–Crippen MR) is 82.5 cm³/mol. The fourth-order valence-electron chi connectivity index (χ4n) is 2.54. The smallest absolute Gasteiger partial charge is 0.248 e. The molecular weight excluding hydrogens is 302 g/mol. The van der Waals surface area contributed by atoms with Gasteiger partial charge >= 0.3 is 0 Å². The van der Waals surface area contributed by atoms with Gasteiger partial charge in [0.2, 0.25) is 11.8 Å². The lowest BCUT2D eigenvalue weighted by Gasteiger charge is -2.22. The van der Waals surface area contributed by atoms with E-state index in [0.29, 0.717) is 30.3 Å². The molecule has 1 N–H and O–H groups in total. The number of nitrogens with one attached hydrogen (secondary N) is 1. The molecule has 0 aliphatic carbocycles. The fourth-order valence-corrected chi connectivity index (χ4v) is 3.21. The number of thiazole rings is 1. The van der Waals surface area contributed by atoms with E-state index in [1.54, 1.807) is 11.1 Å². The third-order valence-electron chi connectivity index (χ3n) is 3.60. The summed E-state index contributed by atoms with van der Waals surface area (Å²) in [5.74, 6) is 1.27. The van der Waals surface area contributed by atoms with Crippen LogP contribution in [0.5, 0.6) is 0 Å². The maximum Gasteiger partial charge on any atom is 0.248 e. The van der Waals surface area contributed by atoms with Gasteiger partial charge in [-0.2, -0.15) is 0 Å².